The second-order valence-corrected chi connectivity index (χ2v) is 3.36. The van der Waals surface area contributed by atoms with Crippen molar-refractivity contribution in [3.05, 3.63) is 11.8 Å². The largest absolute Gasteiger partial charge is 0.290 e. The first-order valence-electron chi connectivity index (χ1n) is 4.70. The standard InChI is InChI=1S/C9H16N4O/c1-4-7-5-10-12-9(7)11-8(13-14)6(2)3/h5-6,14H,4H2,1-3H3,(H2,10,11,12,13). The van der Waals surface area contributed by atoms with E-state index in [1.165, 1.54) is 0 Å². The van der Waals surface area contributed by atoms with Crippen LogP contribution in [0, 0.1) is 5.92 Å². The summed E-state index contributed by atoms with van der Waals surface area (Å²) >= 11 is 0. The molecule has 0 bridgehead atoms. The number of hydroxylamine groups is 1. The molecule has 0 atom stereocenters. The first-order chi connectivity index (χ1) is 6.69. The van der Waals surface area contributed by atoms with Gasteiger partial charge >= 0.3 is 0 Å². The van der Waals surface area contributed by atoms with Crippen LogP contribution >= 0.6 is 0 Å². The highest BCUT2D eigenvalue weighted by Gasteiger charge is 2.06. The van der Waals surface area contributed by atoms with Gasteiger partial charge in [0, 0.05) is 11.5 Å². The lowest BCUT2D eigenvalue weighted by Gasteiger charge is -2.07. The van der Waals surface area contributed by atoms with Crippen LogP contribution in [0.3, 0.4) is 0 Å². The minimum atomic E-state index is 0.146. The van der Waals surface area contributed by atoms with E-state index in [2.05, 4.69) is 20.7 Å². The Hall–Kier alpha value is -1.36. The van der Waals surface area contributed by atoms with E-state index < -0.39 is 0 Å². The lowest BCUT2D eigenvalue weighted by Crippen LogP contribution is -2.24. The molecule has 78 valence electrons. The molecule has 0 radical (unpaired) electrons. The van der Waals surface area contributed by atoms with Crippen molar-refractivity contribution in [2.45, 2.75) is 27.2 Å². The van der Waals surface area contributed by atoms with Gasteiger partial charge in [0.05, 0.1) is 6.20 Å². The molecule has 0 aliphatic rings. The molecule has 0 amide bonds. The van der Waals surface area contributed by atoms with Crippen LogP contribution in [0.5, 0.6) is 0 Å². The number of aromatic amines is 1. The molecule has 5 nitrogen and oxygen atoms in total. The van der Waals surface area contributed by atoms with Crippen molar-refractivity contribution < 1.29 is 5.21 Å². The number of nitrogens with zero attached hydrogens (tertiary/aromatic N) is 2. The molecule has 0 aromatic carbocycles. The number of aromatic nitrogens is 2. The van der Waals surface area contributed by atoms with Gasteiger partial charge in [0.1, 0.15) is 5.84 Å². The molecule has 1 aromatic rings. The first kappa shape index (κ1) is 10.7. The van der Waals surface area contributed by atoms with Crippen LogP contribution < -0.4 is 5.48 Å². The number of aryl methyl sites for hydroxylation is 1. The van der Waals surface area contributed by atoms with Gasteiger partial charge in [0.25, 0.3) is 0 Å². The number of aliphatic imine (C=N–C) groups is 1. The molecule has 14 heavy (non-hydrogen) atoms. The summed E-state index contributed by atoms with van der Waals surface area (Å²) < 4.78 is 0. The lowest BCUT2D eigenvalue weighted by atomic mass is 10.2. The van der Waals surface area contributed by atoms with Crippen molar-refractivity contribution in [1.29, 1.82) is 0 Å². The fraction of sp³-hybridized carbons (Fsp3) is 0.556. The van der Waals surface area contributed by atoms with Crippen molar-refractivity contribution in [3.8, 4) is 0 Å². The van der Waals surface area contributed by atoms with E-state index in [0.717, 1.165) is 12.0 Å². The fourth-order valence-electron chi connectivity index (χ4n) is 1.06. The summed E-state index contributed by atoms with van der Waals surface area (Å²) in [5.41, 5.74) is 3.13. The van der Waals surface area contributed by atoms with E-state index in [1.807, 2.05) is 20.8 Å². The Morgan fingerprint density at radius 3 is 2.93 bits per heavy atom. The van der Waals surface area contributed by atoms with Crippen molar-refractivity contribution in [2.24, 2.45) is 10.9 Å². The van der Waals surface area contributed by atoms with Gasteiger partial charge in [-0.25, -0.2) is 4.99 Å². The van der Waals surface area contributed by atoms with Crippen LogP contribution in [0.25, 0.3) is 0 Å². The Morgan fingerprint density at radius 2 is 2.43 bits per heavy atom. The van der Waals surface area contributed by atoms with Crippen LogP contribution in [-0.4, -0.2) is 21.2 Å². The molecular formula is C9H16N4O. The van der Waals surface area contributed by atoms with Gasteiger partial charge in [-0.15, -0.1) is 0 Å². The predicted octanol–water partition coefficient (Wildman–Crippen LogP) is 1.64. The topological polar surface area (TPSA) is 73.3 Å². The highest BCUT2D eigenvalue weighted by molar-refractivity contribution is 5.85. The van der Waals surface area contributed by atoms with Gasteiger partial charge < -0.3 is 0 Å². The van der Waals surface area contributed by atoms with Crippen LogP contribution in [0.2, 0.25) is 0 Å². The Labute approximate surface area is 83.2 Å². The lowest BCUT2D eigenvalue weighted by molar-refractivity contribution is 0.228. The summed E-state index contributed by atoms with van der Waals surface area (Å²) in [6, 6.07) is 0. The van der Waals surface area contributed by atoms with Crippen molar-refractivity contribution in [3.63, 3.8) is 0 Å². The average Bonchev–Trinajstić information content (AvgIpc) is 2.60. The van der Waals surface area contributed by atoms with Gasteiger partial charge in [0.15, 0.2) is 5.82 Å². The highest BCUT2D eigenvalue weighted by Crippen LogP contribution is 2.16. The van der Waals surface area contributed by atoms with Crippen molar-refractivity contribution >= 4 is 11.7 Å². The van der Waals surface area contributed by atoms with E-state index in [9.17, 15) is 0 Å². The second-order valence-electron chi connectivity index (χ2n) is 3.36. The predicted molar refractivity (Wildman–Crippen MR) is 54.8 cm³/mol. The third kappa shape index (κ3) is 2.32. The molecule has 0 aliphatic heterocycles. The van der Waals surface area contributed by atoms with E-state index in [4.69, 9.17) is 5.21 Å². The Morgan fingerprint density at radius 1 is 1.71 bits per heavy atom. The van der Waals surface area contributed by atoms with Crippen LogP contribution in [0.4, 0.5) is 5.82 Å². The molecule has 1 heterocycles. The third-order valence-corrected chi connectivity index (χ3v) is 1.97. The highest BCUT2D eigenvalue weighted by atomic mass is 16.5. The van der Waals surface area contributed by atoms with Gasteiger partial charge in [-0.05, 0) is 6.42 Å². The maximum absolute atomic E-state index is 8.84. The molecule has 1 rings (SSSR count). The van der Waals surface area contributed by atoms with Crippen molar-refractivity contribution in [2.75, 3.05) is 0 Å². The maximum atomic E-state index is 8.84. The molecule has 0 saturated heterocycles. The van der Waals surface area contributed by atoms with Gasteiger partial charge in [-0.3, -0.25) is 15.8 Å². The Kier molecular flexibility index (Phi) is 3.64. The van der Waals surface area contributed by atoms with E-state index >= 15 is 0 Å². The van der Waals surface area contributed by atoms with Gasteiger partial charge in [0.2, 0.25) is 0 Å². The molecule has 0 saturated carbocycles. The Bertz CT molecular complexity index is 316. The summed E-state index contributed by atoms with van der Waals surface area (Å²) in [6.45, 7) is 5.93. The smallest absolute Gasteiger partial charge is 0.153 e. The number of nitrogens with one attached hydrogen (secondary N) is 2. The maximum Gasteiger partial charge on any atom is 0.153 e. The second kappa shape index (κ2) is 4.76. The molecule has 0 aliphatic carbocycles. The fourth-order valence-corrected chi connectivity index (χ4v) is 1.06. The minimum absolute atomic E-state index is 0.146. The van der Waals surface area contributed by atoms with Crippen LogP contribution in [-0.2, 0) is 6.42 Å². The summed E-state index contributed by atoms with van der Waals surface area (Å²) in [5, 5.41) is 15.5. The zero-order valence-corrected chi connectivity index (χ0v) is 8.70. The Balaban J connectivity index is 2.94. The average molecular weight is 196 g/mol. The minimum Gasteiger partial charge on any atom is -0.290 e. The molecule has 0 spiro atoms. The number of H-pyrrole nitrogens is 1. The number of hydrogen-bond donors (Lipinski definition) is 3. The normalized spacial score (nSPS) is 12.2. The first-order valence-corrected chi connectivity index (χ1v) is 4.70. The van der Waals surface area contributed by atoms with Crippen molar-refractivity contribution in [1.82, 2.24) is 15.7 Å². The summed E-state index contributed by atoms with van der Waals surface area (Å²) in [6.07, 6.45) is 2.61. The number of rotatable bonds is 3. The molecule has 0 fully saturated rings. The third-order valence-electron chi connectivity index (χ3n) is 1.97. The molecule has 5 heteroatoms. The van der Waals surface area contributed by atoms with Crippen LogP contribution in [0.1, 0.15) is 26.3 Å². The SMILES string of the molecule is CCc1cn[nH]c1N=C(NO)C(C)C. The van der Waals surface area contributed by atoms with Crippen LogP contribution in [0.15, 0.2) is 11.2 Å². The number of hydrogen-bond acceptors (Lipinski definition) is 3. The van der Waals surface area contributed by atoms with E-state index in [0.29, 0.717) is 11.7 Å². The van der Waals surface area contributed by atoms with Gasteiger partial charge in [-0.1, -0.05) is 20.8 Å². The van der Waals surface area contributed by atoms with Gasteiger partial charge in [-0.2, -0.15) is 5.10 Å². The molecule has 3 N–H and O–H groups in total. The molecule has 0 unspecified atom stereocenters. The summed E-state index contributed by atoms with van der Waals surface area (Å²) in [4.78, 5) is 4.24. The van der Waals surface area contributed by atoms with E-state index in [-0.39, 0.29) is 5.92 Å². The summed E-state index contributed by atoms with van der Waals surface area (Å²) in [5.74, 6) is 1.38. The van der Waals surface area contributed by atoms with E-state index in [1.54, 1.807) is 6.20 Å². The quantitative estimate of drug-likeness (QED) is 0.391. The molecule has 1 aromatic heterocycles. The zero-order valence-electron chi connectivity index (χ0n) is 8.70. The number of amidine groups is 1. The monoisotopic (exact) mass is 196 g/mol. The molecular weight excluding hydrogens is 180 g/mol. The summed E-state index contributed by atoms with van der Waals surface area (Å²) in [7, 11) is 0. The zero-order chi connectivity index (χ0) is 10.6.